The number of ether oxygens (including phenoxy) is 2. The summed E-state index contributed by atoms with van der Waals surface area (Å²) in [6, 6.07) is 10.3. The van der Waals surface area contributed by atoms with E-state index in [1.165, 1.54) is 43.6 Å². The van der Waals surface area contributed by atoms with E-state index in [0.29, 0.717) is 28.9 Å². The van der Waals surface area contributed by atoms with Gasteiger partial charge in [-0.1, -0.05) is 48.4 Å². The minimum atomic E-state index is -0.359. The predicted molar refractivity (Wildman–Crippen MR) is 167 cm³/mol. The number of carbonyl (C=O) groups is 1. The van der Waals surface area contributed by atoms with E-state index >= 15 is 0 Å². The highest BCUT2D eigenvalue weighted by Crippen LogP contribution is 2.58. The van der Waals surface area contributed by atoms with E-state index in [4.69, 9.17) is 9.47 Å². The number of benzene rings is 2. The van der Waals surface area contributed by atoms with Gasteiger partial charge in [-0.25, -0.2) is 0 Å². The molecule has 0 unspecified atom stereocenters. The summed E-state index contributed by atoms with van der Waals surface area (Å²) in [5.74, 6) is 1.09. The van der Waals surface area contributed by atoms with Crippen LogP contribution in [0.2, 0.25) is 0 Å². The molecule has 0 amide bonds. The molecule has 5 rings (SSSR count). The van der Waals surface area contributed by atoms with Crippen molar-refractivity contribution in [2.45, 2.75) is 52.9 Å². The summed E-state index contributed by atoms with van der Waals surface area (Å²) in [7, 11) is 3.00. The lowest BCUT2D eigenvalue weighted by Crippen LogP contribution is -2.47. The number of hydrogen-bond donors (Lipinski definition) is 3. The van der Waals surface area contributed by atoms with Gasteiger partial charge in [0.05, 0.1) is 14.2 Å². The van der Waals surface area contributed by atoms with Gasteiger partial charge < -0.3 is 24.8 Å². The maximum absolute atomic E-state index is 14.1. The smallest absolute Gasteiger partial charge is 0.163 e. The first-order chi connectivity index (χ1) is 20.0. The molecule has 0 heterocycles. The van der Waals surface area contributed by atoms with Crippen LogP contribution in [0.15, 0.2) is 77.6 Å². The van der Waals surface area contributed by atoms with Crippen LogP contribution >= 0.6 is 0 Å². The van der Waals surface area contributed by atoms with Gasteiger partial charge >= 0.3 is 0 Å². The van der Waals surface area contributed by atoms with Crippen molar-refractivity contribution in [1.82, 2.24) is 0 Å². The van der Waals surface area contributed by atoms with Gasteiger partial charge in [-0.05, 0) is 105 Å². The van der Waals surface area contributed by atoms with Gasteiger partial charge in [-0.2, -0.15) is 0 Å². The van der Waals surface area contributed by atoms with Gasteiger partial charge in [-0.15, -0.1) is 0 Å². The summed E-state index contributed by atoms with van der Waals surface area (Å²) in [5.41, 5.74) is 4.28. The molecule has 224 valence electrons. The molecule has 2 aromatic rings. The zero-order chi connectivity index (χ0) is 30.6. The summed E-state index contributed by atoms with van der Waals surface area (Å²) in [5, 5.41) is 31.0. The molecule has 3 N–H and O–H groups in total. The molecule has 3 aliphatic carbocycles. The van der Waals surface area contributed by atoms with Crippen LogP contribution in [0.3, 0.4) is 0 Å². The molecular formula is C36H44O6. The minimum Gasteiger partial charge on any atom is -0.508 e. The van der Waals surface area contributed by atoms with Gasteiger partial charge in [0.15, 0.2) is 28.8 Å². The van der Waals surface area contributed by atoms with Crippen molar-refractivity contribution in [3.8, 4) is 23.0 Å². The van der Waals surface area contributed by atoms with E-state index in [1.807, 2.05) is 12.1 Å². The molecule has 0 spiro atoms. The quantitative estimate of drug-likeness (QED) is 0.109. The van der Waals surface area contributed by atoms with Crippen LogP contribution in [0.5, 0.6) is 23.0 Å². The number of phenols is 2. The maximum atomic E-state index is 14.1. The molecule has 3 aliphatic rings. The average molecular weight is 573 g/mol. The van der Waals surface area contributed by atoms with Crippen molar-refractivity contribution in [2.24, 2.45) is 29.6 Å². The van der Waals surface area contributed by atoms with Crippen molar-refractivity contribution in [1.29, 1.82) is 0 Å². The lowest BCUT2D eigenvalue weighted by Gasteiger charge is -2.52. The Morgan fingerprint density at radius 1 is 1.05 bits per heavy atom. The van der Waals surface area contributed by atoms with Crippen molar-refractivity contribution in [3.63, 3.8) is 0 Å². The molecule has 6 nitrogen and oxygen atoms in total. The first-order valence-corrected chi connectivity index (χ1v) is 14.7. The molecule has 2 bridgehead atoms. The van der Waals surface area contributed by atoms with E-state index in [-0.39, 0.29) is 46.7 Å². The van der Waals surface area contributed by atoms with Crippen molar-refractivity contribution >= 4 is 11.9 Å². The number of phenolic OH excluding ortho intramolecular Hbond substituents is 2. The third-order valence-electron chi connectivity index (χ3n) is 9.06. The van der Waals surface area contributed by atoms with Gasteiger partial charge in [0.1, 0.15) is 5.76 Å². The third-order valence-corrected chi connectivity index (χ3v) is 9.06. The van der Waals surface area contributed by atoms with Gasteiger partial charge in [0.2, 0.25) is 0 Å². The molecule has 6 heteroatoms. The Hall–Kier alpha value is -3.93. The normalized spacial score (nSPS) is 24.3. The molecule has 6 atom stereocenters. The number of aliphatic hydroxyl groups excluding tert-OH is 1. The molecule has 0 aliphatic heterocycles. The summed E-state index contributed by atoms with van der Waals surface area (Å²) < 4.78 is 10.6. The fourth-order valence-electron chi connectivity index (χ4n) is 6.91. The molecule has 0 saturated heterocycles. The number of carbonyl (C=O) groups excluding carboxylic acids is 1. The highest BCUT2D eigenvalue weighted by molar-refractivity contribution is 5.94. The highest BCUT2D eigenvalue weighted by atomic mass is 16.5. The number of allylic oxidation sites excluding steroid dienone is 6. The summed E-state index contributed by atoms with van der Waals surface area (Å²) in [6.45, 7) is 8.70. The predicted octanol–water partition coefficient (Wildman–Crippen LogP) is 8.13. The van der Waals surface area contributed by atoms with Crippen molar-refractivity contribution in [2.75, 3.05) is 14.2 Å². The summed E-state index contributed by atoms with van der Waals surface area (Å²) >= 11 is 0. The molecular weight excluding hydrogens is 528 g/mol. The first kappa shape index (κ1) is 31.0. The fraction of sp³-hybridized carbons (Fsp3) is 0.417. The second-order valence-electron chi connectivity index (χ2n) is 12.0. The fourth-order valence-corrected chi connectivity index (χ4v) is 6.91. The second kappa shape index (κ2) is 13.4. The number of rotatable bonds is 11. The zero-order valence-electron chi connectivity index (χ0n) is 25.5. The molecule has 42 heavy (non-hydrogen) atoms. The standard InChI is InChI=1S/C36H44O6/c1-21(2)8-7-9-22(3)27-20-28-23(4)16-29(27)36(35(28)25-12-15-31(39)34(18-25)42-6)32(40)19-26(37)13-10-24-11-14-30(38)33(17-24)41-5/h8,10-19,22,27-29,35-39H,7,9,20H2,1-6H3/t22-,27+,28-,29-,35-,36+/m0/s1. The largest absolute Gasteiger partial charge is 0.508 e. The van der Waals surface area contributed by atoms with Gasteiger partial charge in [0, 0.05) is 17.9 Å². The average Bonchev–Trinajstić information content (AvgIpc) is 2.96. The van der Waals surface area contributed by atoms with Crippen LogP contribution in [0, 0.1) is 29.6 Å². The SMILES string of the molecule is COc1cc(C=CC(O)=CC(=O)[C@H]2[C@H]3C=C(C)[C@H](C[C@@H]3[C@@H](C)CCC=C(C)C)[C@@H]2c2ccc(O)c(OC)c2)ccc1O. The Labute approximate surface area is 249 Å². The Morgan fingerprint density at radius 2 is 1.71 bits per heavy atom. The van der Waals surface area contributed by atoms with Crippen LogP contribution < -0.4 is 9.47 Å². The first-order valence-electron chi connectivity index (χ1n) is 14.7. The van der Waals surface area contributed by atoms with Gasteiger partial charge in [0.25, 0.3) is 0 Å². The molecule has 2 aromatic carbocycles. The lowest BCUT2D eigenvalue weighted by molar-refractivity contribution is -0.123. The highest BCUT2D eigenvalue weighted by Gasteiger charge is 2.51. The van der Waals surface area contributed by atoms with Crippen LogP contribution in [0.4, 0.5) is 0 Å². The Morgan fingerprint density at radius 3 is 2.38 bits per heavy atom. The number of hydrogen-bond acceptors (Lipinski definition) is 6. The second-order valence-corrected chi connectivity index (χ2v) is 12.0. The third kappa shape index (κ3) is 6.75. The topological polar surface area (TPSA) is 96.2 Å². The number of methoxy groups -OCH3 is 2. The van der Waals surface area contributed by atoms with Crippen molar-refractivity contribution < 1.29 is 29.6 Å². The monoisotopic (exact) mass is 572 g/mol. The maximum Gasteiger partial charge on any atom is 0.163 e. The van der Waals surface area contributed by atoms with Crippen LogP contribution in [-0.4, -0.2) is 35.3 Å². The van der Waals surface area contributed by atoms with E-state index in [9.17, 15) is 20.1 Å². The number of fused-ring (bicyclic) bond motifs is 2. The molecule has 1 saturated carbocycles. The lowest BCUT2D eigenvalue weighted by atomic mass is 9.51. The molecule has 0 aromatic heterocycles. The number of aromatic hydroxyl groups is 2. The van der Waals surface area contributed by atoms with Gasteiger partial charge in [-0.3, -0.25) is 4.79 Å². The van der Waals surface area contributed by atoms with E-state index < -0.39 is 0 Å². The Balaban J connectivity index is 1.68. The zero-order valence-corrected chi connectivity index (χ0v) is 25.5. The van der Waals surface area contributed by atoms with Crippen LogP contribution in [0.25, 0.3) is 6.08 Å². The van der Waals surface area contributed by atoms with E-state index in [0.717, 1.165) is 24.8 Å². The van der Waals surface area contributed by atoms with Crippen molar-refractivity contribution in [3.05, 3.63) is 88.7 Å². The Bertz CT molecular complexity index is 1410. The number of ketones is 1. The molecule has 0 radical (unpaired) electrons. The molecule has 1 fully saturated rings. The Kier molecular flexibility index (Phi) is 9.87. The summed E-state index contributed by atoms with van der Waals surface area (Å²) in [6.07, 6.45) is 12.2. The van der Waals surface area contributed by atoms with Crippen LogP contribution in [0.1, 0.15) is 64.0 Å². The number of aliphatic hydroxyl groups is 1. The van der Waals surface area contributed by atoms with E-state index in [2.05, 4.69) is 39.8 Å². The summed E-state index contributed by atoms with van der Waals surface area (Å²) in [4.78, 5) is 14.1. The minimum absolute atomic E-state index is 0.0295. The van der Waals surface area contributed by atoms with Crippen LogP contribution in [-0.2, 0) is 4.79 Å². The van der Waals surface area contributed by atoms with E-state index in [1.54, 1.807) is 24.3 Å².